The maximum Gasteiger partial charge on any atom is 0.268 e. The van der Waals surface area contributed by atoms with Gasteiger partial charge >= 0.3 is 0 Å². The minimum Gasteiger partial charge on any atom is -0.240 e. The summed E-state index contributed by atoms with van der Waals surface area (Å²) < 4.78 is 27.4. The highest BCUT2D eigenvalue weighted by atomic mass is 35.5. The van der Waals surface area contributed by atoms with E-state index in [1.807, 2.05) is 12.1 Å². The molecule has 0 atom stereocenters. The van der Waals surface area contributed by atoms with E-state index in [1.54, 1.807) is 60.9 Å². The summed E-state index contributed by atoms with van der Waals surface area (Å²) in [7, 11) is -3.72. The van der Waals surface area contributed by atoms with E-state index in [-0.39, 0.29) is 10.2 Å². The van der Waals surface area contributed by atoms with Crippen LogP contribution in [0.4, 0.5) is 0 Å². The summed E-state index contributed by atoms with van der Waals surface area (Å²) in [6.45, 7) is 0. The predicted octanol–water partition coefficient (Wildman–Crippen LogP) is 3.99. The van der Waals surface area contributed by atoms with Crippen LogP contribution < -0.4 is 0 Å². The Morgan fingerprint density at radius 3 is 2.40 bits per heavy atom. The molecule has 7 heteroatoms. The van der Waals surface area contributed by atoms with E-state index in [1.165, 1.54) is 3.97 Å². The first-order valence-electron chi connectivity index (χ1n) is 7.47. The topological polar surface area (TPSA) is 64.8 Å². The van der Waals surface area contributed by atoms with Crippen molar-refractivity contribution >= 4 is 32.5 Å². The summed E-state index contributed by atoms with van der Waals surface area (Å²) in [5.41, 5.74) is 1.83. The smallest absolute Gasteiger partial charge is 0.240 e. The molecule has 0 fully saturated rings. The normalized spacial score (nSPS) is 11.7. The van der Waals surface area contributed by atoms with Crippen molar-refractivity contribution in [3.8, 4) is 11.3 Å². The minimum atomic E-state index is -3.72. The average molecular weight is 370 g/mol. The lowest BCUT2D eigenvalue weighted by molar-refractivity contribution is 0.589. The third kappa shape index (κ3) is 2.69. The number of benzene rings is 2. The fourth-order valence-electron chi connectivity index (χ4n) is 2.74. The van der Waals surface area contributed by atoms with Gasteiger partial charge in [0.1, 0.15) is 0 Å². The van der Waals surface area contributed by atoms with E-state index in [0.717, 1.165) is 5.39 Å². The molecular formula is C18H12ClN3O2S. The van der Waals surface area contributed by atoms with Gasteiger partial charge in [-0.2, -0.15) is 0 Å². The minimum absolute atomic E-state index is 0.111. The summed E-state index contributed by atoms with van der Waals surface area (Å²) in [4.78, 5) is 8.31. The molecule has 2 heterocycles. The first-order chi connectivity index (χ1) is 12.1. The highest BCUT2D eigenvalue weighted by molar-refractivity contribution is 7.90. The molecule has 0 N–H and O–H groups in total. The molecule has 0 bridgehead atoms. The van der Waals surface area contributed by atoms with Gasteiger partial charge in [-0.05, 0) is 35.9 Å². The Hall–Kier alpha value is -2.70. The molecule has 0 spiro atoms. The standard InChI is InChI=1S/C18H12ClN3O2S/c19-18-20-11-10-16(21-18)15-12-22(17-9-5-4-8-14(15)17)25(23,24)13-6-2-1-3-7-13/h1-12H. The second kappa shape index (κ2) is 5.98. The SMILES string of the molecule is O=S(=O)(c1ccccc1)n1cc(-c2ccnc(Cl)n2)c2ccccc21. The molecule has 5 nitrogen and oxygen atoms in total. The molecule has 25 heavy (non-hydrogen) atoms. The van der Waals surface area contributed by atoms with E-state index in [9.17, 15) is 8.42 Å². The van der Waals surface area contributed by atoms with Crippen LogP contribution in [0.5, 0.6) is 0 Å². The van der Waals surface area contributed by atoms with Gasteiger partial charge in [0, 0.05) is 23.3 Å². The zero-order chi connectivity index (χ0) is 17.4. The van der Waals surface area contributed by atoms with Gasteiger partial charge in [-0.25, -0.2) is 22.4 Å². The van der Waals surface area contributed by atoms with Gasteiger partial charge in [0.25, 0.3) is 10.0 Å². The van der Waals surface area contributed by atoms with E-state index in [0.29, 0.717) is 16.8 Å². The van der Waals surface area contributed by atoms with E-state index >= 15 is 0 Å². The van der Waals surface area contributed by atoms with Gasteiger partial charge < -0.3 is 0 Å². The Morgan fingerprint density at radius 2 is 1.64 bits per heavy atom. The lowest BCUT2D eigenvalue weighted by atomic mass is 10.1. The van der Waals surface area contributed by atoms with Crippen LogP contribution in [-0.2, 0) is 10.0 Å². The second-order valence-corrected chi connectivity index (χ2v) is 7.54. The van der Waals surface area contributed by atoms with Gasteiger partial charge in [-0.1, -0.05) is 36.4 Å². The van der Waals surface area contributed by atoms with Crippen LogP contribution >= 0.6 is 11.6 Å². The summed E-state index contributed by atoms with van der Waals surface area (Å²) in [5.74, 6) is 0. The molecule has 4 aromatic rings. The first kappa shape index (κ1) is 15.8. The Labute approximate surface area is 149 Å². The van der Waals surface area contributed by atoms with E-state index in [2.05, 4.69) is 9.97 Å². The molecule has 2 aromatic heterocycles. The highest BCUT2D eigenvalue weighted by Gasteiger charge is 2.21. The molecule has 0 saturated carbocycles. The Morgan fingerprint density at radius 1 is 0.920 bits per heavy atom. The van der Waals surface area contributed by atoms with Crippen LogP contribution in [0.25, 0.3) is 22.2 Å². The highest BCUT2D eigenvalue weighted by Crippen LogP contribution is 2.32. The number of aromatic nitrogens is 3. The Kier molecular flexibility index (Phi) is 3.78. The fraction of sp³-hybridized carbons (Fsp3) is 0. The van der Waals surface area contributed by atoms with Gasteiger partial charge in [0.2, 0.25) is 5.28 Å². The van der Waals surface area contributed by atoms with Gasteiger partial charge in [0.05, 0.1) is 16.1 Å². The predicted molar refractivity (Wildman–Crippen MR) is 97.0 cm³/mol. The van der Waals surface area contributed by atoms with Crippen LogP contribution in [0.2, 0.25) is 5.28 Å². The third-order valence-electron chi connectivity index (χ3n) is 3.88. The molecule has 2 aromatic carbocycles. The molecule has 0 aliphatic heterocycles. The van der Waals surface area contributed by atoms with Gasteiger partial charge in [-0.15, -0.1) is 0 Å². The Bertz CT molecular complexity index is 1170. The molecular weight excluding hydrogens is 358 g/mol. The molecule has 0 saturated heterocycles. The number of para-hydroxylation sites is 1. The number of halogens is 1. The molecule has 0 radical (unpaired) electrons. The molecule has 0 aliphatic rings. The molecule has 4 rings (SSSR count). The molecule has 0 unspecified atom stereocenters. The van der Waals surface area contributed by atoms with Crippen molar-refractivity contribution < 1.29 is 8.42 Å². The number of fused-ring (bicyclic) bond motifs is 1. The number of rotatable bonds is 3. The van der Waals surface area contributed by atoms with Crippen LogP contribution in [0.15, 0.2) is 78.0 Å². The number of hydrogen-bond acceptors (Lipinski definition) is 4. The van der Waals surface area contributed by atoms with Crippen molar-refractivity contribution in [2.75, 3.05) is 0 Å². The average Bonchev–Trinajstić information content (AvgIpc) is 3.03. The monoisotopic (exact) mass is 369 g/mol. The molecule has 0 aliphatic carbocycles. The largest absolute Gasteiger partial charge is 0.268 e. The van der Waals surface area contributed by atoms with Crippen molar-refractivity contribution in [3.05, 3.63) is 78.3 Å². The lowest BCUT2D eigenvalue weighted by Gasteiger charge is -2.07. The van der Waals surface area contributed by atoms with Crippen molar-refractivity contribution in [2.45, 2.75) is 4.90 Å². The van der Waals surface area contributed by atoms with Crippen LogP contribution in [0.3, 0.4) is 0 Å². The van der Waals surface area contributed by atoms with Crippen molar-refractivity contribution in [2.24, 2.45) is 0 Å². The molecule has 124 valence electrons. The maximum atomic E-state index is 13.1. The van der Waals surface area contributed by atoms with E-state index < -0.39 is 10.0 Å². The van der Waals surface area contributed by atoms with Gasteiger partial charge in [-0.3, -0.25) is 0 Å². The van der Waals surface area contributed by atoms with Crippen molar-refractivity contribution in [1.29, 1.82) is 0 Å². The zero-order valence-corrected chi connectivity index (χ0v) is 14.4. The number of nitrogens with zero attached hydrogens (tertiary/aromatic N) is 3. The summed E-state index contributed by atoms with van der Waals surface area (Å²) in [6, 6.07) is 17.3. The summed E-state index contributed by atoms with van der Waals surface area (Å²) in [6.07, 6.45) is 3.12. The maximum absolute atomic E-state index is 13.1. The van der Waals surface area contributed by atoms with Crippen LogP contribution in [-0.4, -0.2) is 22.4 Å². The summed E-state index contributed by atoms with van der Waals surface area (Å²) >= 11 is 5.89. The molecule has 0 amide bonds. The van der Waals surface area contributed by atoms with Gasteiger partial charge in [0.15, 0.2) is 0 Å². The fourth-order valence-corrected chi connectivity index (χ4v) is 4.28. The lowest BCUT2D eigenvalue weighted by Crippen LogP contribution is -2.11. The summed E-state index contributed by atoms with van der Waals surface area (Å²) in [5, 5.41) is 0.886. The first-order valence-corrected chi connectivity index (χ1v) is 9.29. The zero-order valence-electron chi connectivity index (χ0n) is 12.9. The van der Waals surface area contributed by atoms with E-state index in [4.69, 9.17) is 11.6 Å². The quantitative estimate of drug-likeness (QED) is 0.512. The third-order valence-corrected chi connectivity index (χ3v) is 5.75. The van der Waals surface area contributed by atoms with Crippen molar-refractivity contribution in [1.82, 2.24) is 13.9 Å². The Balaban J connectivity index is 2.01. The van der Waals surface area contributed by atoms with Crippen LogP contribution in [0, 0.1) is 0 Å². The van der Waals surface area contributed by atoms with Crippen LogP contribution in [0.1, 0.15) is 0 Å². The second-order valence-electron chi connectivity index (χ2n) is 5.38. The number of hydrogen-bond donors (Lipinski definition) is 0. The van der Waals surface area contributed by atoms with Crippen molar-refractivity contribution in [3.63, 3.8) is 0 Å².